The van der Waals surface area contributed by atoms with Gasteiger partial charge in [-0.15, -0.1) is 0 Å². The molecule has 34 heavy (non-hydrogen) atoms. The van der Waals surface area contributed by atoms with E-state index in [4.69, 9.17) is 4.99 Å². The van der Waals surface area contributed by atoms with Gasteiger partial charge in [0.05, 0.1) is 10.6 Å². The van der Waals surface area contributed by atoms with Gasteiger partial charge in [-0.25, -0.2) is 9.38 Å². The Balaban J connectivity index is 1.50. The van der Waals surface area contributed by atoms with Gasteiger partial charge in [-0.3, -0.25) is 9.69 Å². The zero-order valence-electron chi connectivity index (χ0n) is 19.0. The molecule has 0 aliphatic carbocycles. The Hall–Kier alpha value is -3.64. The van der Waals surface area contributed by atoms with Gasteiger partial charge in [0.2, 0.25) is 0 Å². The smallest absolute Gasteiger partial charge is 0.266 e. The summed E-state index contributed by atoms with van der Waals surface area (Å²) >= 11 is 1.41. The minimum atomic E-state index is -0.244. The molecule has 0 radical (unpaired) electrons. The van der Waals surface area contributed by atoms with Crippen molar-refractivity contribution in [1.82, 2.24) is 9.47 Å². The van der Waals surface area contributed by atoms with E-state index >= 15 is 0 Å². The van der Waals surface area contributed by atoms with Gasteiger partial charge in [-0.05, 0) is 67.6 Å². The first-order valence-corrected chi connectivity index (χ1v) is 12.0. The van der Waals surface area contributed by atoms with Crippen molar-refractivity contribution < 1.29 is 9.18 Å². The fourth-order valence-corrected chi connectivity index (χ4v) is 5.10. The van der Waals surface area contributed by atoms with Crippen molar-refractivity contribution in [3.8, 4) is 0 Å². The molecule has 1 saturated heterocycles. The molecule has 0 saturated carbocycles. The number of aromatic nitrogens is 1. The second-order valence-electron chi connectivity index (χ2n) is 8.25. The van der Waals surface area contributed by atoms with Gasteiger partial charge in [-0.1, -0.05) is 48.0 Å². The Kier molecular flexibility index (Phi) is 6.07. The number of likely N-dealkylation sites (N-methyl/N-ethyl adjacent to an activating group) is 1. The largest absolute Gasteiger partial charge is 0.342 e. The Morgan fingerprint density at radius 1 is 1.00 bits per heavy atom. The average Bonchev–Trinajstić information content (AvgIpc) is 3.33. The van der Waals surface area contributed by atoms with E-state index in [9.17, 15) is 9.18 Å². The van der Waals surface area contributed by atoms with Crippen LogP contribution in [0.15, 0.2) is 88.9 Å². The van der Waals surface area contributed by atoms with Crippen LogP contribution < -0.4 is 0 Å². The number of carbonyl (C=O) groups excluding carboxylic acids is 1. The molecular formula is C28H24FN3OS. The summed E-state index contributed by atoms with van der Waals surface area (Å²) < 4.78 is 15.5. The molecular weight excluding hydrogens is 445 g/mol. The second kappa shape index (κ2) is 9.31. The van der Waals surface area contributed by atoms with Crippen LogP contribution in [0.5, 0.6) is 0 Å². The number of nitrogens with zero attached hydrogens (tertiary/aromatic N) is 3. The fourth-order valence-electron chi connectivity index (χ4n) is 4.05. The maximum atomic E-state index is 13.3. The molecule has 0 bridgehead atoms. The molecule has 1 aliphatic heterocycles. The first-order chi connectivity index (χ1) is 16.5. The number of hydrogen-bond acceptors (Lipinski definition) is 3. The number of carbonyl (C=O) groups is 1. The van der Waals surface area contributed by atoms with E-state index < -0.39 is 0 Å². The van der Waals surface area contributed by atoms with Crippen molar-refractivity contribution in [2.45, 2.75) is 20.4 Å². The average molecular weight is 470 g/mol. The van der Waals surface area contributed by atoms with Crippen molar-refractivity contribution >= 4 is 45.5 Å². The number of hydrogen-bond donors (Lipinski definition) is 0. The molecule has 1 amide bonds. The lowest BCUT2D eigenvalue weighted by molar-refractivity contribution is -0.122. The Labute approximate surface area is 202 Å². The van der Waals surface area contributed by atoms with Crippen molar-refractivity contribution in [3.63, 3.8) is 0 Å². The highest BCUT2D eigenvalue weighted by atomic mass is 32.2. The third-order valence-electron chi connectivity index (χ3n) is 5.84. The molecule has 4 nitrogen and oxygen atoms in total. The van der Waals surface area contributed by atoms with Gasteiger partial charge in [0, 0.05) is 35.8 Å². The summed E-state index contributed by atoms with van der Waals surface area (Å²) in [5.41, 5.74) is 5.05. The molecule has 0 unspecified atom stereocenters. The molecule has 1 fully saturated rings. The molecule has 2 heterocycles. The van der Waals surface area contributed by atoms with Gasteiger partial charge in [-0.2, -0.15) is 0 Å². The van der Waals surface area contributed by atoms with E-state index in [1.54, 1.807) is 17.0 Å². The quantitative estimate of drug-likeness (QED) is 0.303. The molecule has 0 atom stereocenters. The van der Waals surface area contributed by atoms with Crippen LogP contribution in [0, 0.1) is 12.7 Å². The summed E-state index contributed by atoms with van der Waals surface area (Å²) in [6, 6.07) is 22.6. The molecule has 170 valence electrons. The van der Waals surface area contributed by atoms with E-state index in [1.807, 2.05) is 56.3 Å². The maximum absolute atomic E-state index is 13.3. The summed E-state index contributed by atoms with van der Waals surface area (Å²) in [4.78, 5) is 20.3. The van der Waals surface area contributed by atoms with Crippen molar-refractivity contribution in [1.29, 1.82) is 0 Å². The lowest BCUT2D eigenvalue weighted by Gasteiger charge is -2.11. The van der Waals surface area contributed by atoms with Crippen LogP contribution in [0.4, 0.5) is 10.1 Å². The second-order valence-corrected chi connectivity index (χ2v) is 9.26. The fraction of sp³-hybridized carbons (Fsp3) is 0.143. The molecule has 3 aromatic carbocycles. The van der Waals surface area contributed by atoms with Crippen LogP contribution in [0.2, 0.25) is 0 Å². The van der Waals surface area contributed by atoms with Gasteiger partial charge in [0.25, 0.3) is 5.91 Å². The maximum Gasteiger partial charge on any atom is 0.266 e. The lowest BCUT2D eigenvalue weighted by atomic mass is 10.1. The highest BCUT2D eigenvalue weighted by molar-refractivity contribution is 8.18. The number of fused-ring (bicyclic) bond motifs is 1. The van der Waals surface area contributed by atoms with E-state index in [0.717, 1.165) is 27.7 Å². The topological polar surface area (TPSA) is 37.6 Å². The van der Waals surface area contributed by atoms with Crippen LogP contribution in [-0.2, 0) is 11.3 Å². The van der Waals surface area contributed by atoms with Crippen molar-refractivity contribution in [3.05, 3.63) is 106 Å². The van der Waals surface area contributed by atoms with E-state index in [2.05, 4.69) is 22.9 Å². The molecule has 4 aromatic rings. The first kappa shape index (κ1) is 22.2. The summed E-state index contributed by atoms with van der Waals surface area (Å²) in [6.07, 6.45) is 4.01. The number of rotatable bonds is 5. The van der Waals surface area contributed by atoms with Crippen LogP contribution in [-0.4, -0.2) is 27.1 Å². The third-order valence-corrected chi connectivity index (χ3v) is 6.84. The van der Waals surface area contributed by atoms with Crippen LogP contribution in [0.1, 0.15) is 23.6 Å². The van der Waals surface area contributed by atoms with Crippen molar-refractivity contribution in [2.75, 3.05) is 6.54 Å². The zero-order chi connectivity index (χ0) is 23.7. The summed E-state index contributed by atoms with van der Waals surface area (Å²) in [6.45, 7) is 5.17. The van der Waals surface area contributed by atoms with Crippen LogP contribution >= 0.6 is 11.8 Å². The molecule has 0 spiro atoms. The minimum Gasteiger partial charge on any atom is -0.342 e. The number of benzene rings is 3. The summed E-state index contributed by atoms with van der Waals surface area (Å²) in [5.74, 6) is -0.277. The number of para-hydroxylation sites is 1. The highest BCUT2D eigenvalue weighted by Crippen LogP contribution is 2.35. The SMILES string of the molecule is CCN1C(=O)/C(=C\c2cn(Cc3ccc(F)cc3)c3ccccc23)SC1=Nc1ccc(C)cc1. The van der Waals surface area contributed by atoms with Gasteiger partial charge < -0.3 is 4.57 Å². The third kappa shape index (κ3) is 4.41. The molecule has 0 N–H and O–H groups in total. The molecule has 6 heteroatoms. The van der Waals surface area contributed by atoms with E-state index in [-0.39, 0.29) is 11.7 Å². The highest BCUT2D eigenvalue weighted by Gasteiger charge is 2.32. The molecule has 1 aliphatic rings. The van der Waals surface area contributed by atoms with Crippen molar-refractivity contribution in [2.24, 2.45) is 4.99 Å². The predicted molar refractivity (Wildman–Crippen MR) is 139 cm³/mol. The summed E-state index contributed by atoms with van der Waals surface area (Å²) in [5, 5.41) is 1.76. The number of aliphatic imine (C=N–C) groups is 1. The van der Waals surface area contributed by atoms with Gasteiger partial charge in [0.1, 0.15) is 5.82 Å². The Bertz CT molecular complexity index is 1420. The number of aryl methyl sites for hydroxylation is 1. The predicted octanol–water partition coefficient (Wildman–Crippen LogP) is 6.76. The van der Waals surface area contributed by atoms with Crippen LogP contribution in [0.25, 0.3) is 17.0 Å². The minimum absolute atomic E-state index is 0.0336. The number of thioether (sulfide) groups is 1. The summed E-state index contributed by atoms with van der Waals surface area (Å²) in [7, 11) is 0. The number of halogens is 1. The first-order valence-electron chi connectivity index (χ1n) is 11.2. The Morgan fingerprint density at radius 2 is 1.74 bits per heavy atom. The standard InChI is InChI=1S/C28H24FN3OS/c1-3-32-27(33)26(34-28(32)30-23-14-8-19(2)9-15-23)16-21-18-31(25-7-5-4-6-24(21)25)17-20-10-12-22(29)13-11-20/h4-16,18H,3,17H2,1-2H3/b26-16+,30-28?. The lowest BCUT2D eigenvalue weighted by Crippen LogP contribution is -2.28. The van der Waals surface area contributed by atoms with Gasteiger partial charge >= 0.3 is 0 Å². The molecule has 5 rings (SSSR count). The number of amidine groups is 1. The number of amides is 1. The van der Waals surface area contributed by atoms with E-state index in [0.29, 0.717) is 23.2 Å². The Morgan fingerprint density at radius 3 is 2.47 bits per heavy atom. The zero-order valence-corrected chi connectivity index (χ0v) is 19.8. The van der Waals surface area contributed by atoms with Crippen LogP contribution in [0.3, 0.4) is 0 Å². The van der Waals surface area contributed by atoms with E-state index in [1.165, 1.54) is 29.5 Å². The monoisotopic (exact) mass is 469 g/mol. The molecule has 1 aromatic heterocycles. The van der Waals surface area contributed by atoms with Gasteiger partial charge in [0.15, 0.2) is 5.17 Å². The normalized spacial score (nSPS) is 16.3.